The molecule has 0 bridgehead atoms. The molecule has 1 amide bonds. The minimum atomic E-state index is -0.818. The summed E-state index contributed by atoms with van der Waals surface area (Å²) in [6.45, 7) is 6.34. The molecule has 1 aliphatic heterocycles. The molecule has 0 saturated carbocycles. The molecule has 6 nitrogen and oxygen atoms in total. The standard InChI is InChI=1S/C26H25NO5/c1-26(2,3)17-12-10-16(11-13-17)22-21(23(28)20-9-6-14-32-20)24(29)25(30)27(22)18-7-5-8-19(15-18)31-4/h5-15,22,29H,1-4H3. The Kier molecular flexibility index (Phi) is 5.38. The SMILES string of the molecule is COc1cccc(N2C(=O)C(O)=C(C(=O)c3ccco3)C2c2ccc(C(C)(C)C)cc2)c1. The molecular weight excluding hydrogens is 406 g/mol. The van der Waals surface area contributed by atoms with E-state index in [1.807, 2.05) is 24.3 Å². The van der Waals surface area contributed by atoms with Crippen LogP contribution in [0.1, 0.15) is 48.5 Å². The van der Waals surface area contributed by atoms with Crippen molar-refractivity contribution in [1.29, 1.82) is 0 Å². The Bertz CT molecular complexity index is 1180. The van der Waals surface area contributed by atoms with Crippen LogP contribution in [0.5, 0.6) is 5.75 Å². The summed E-state index contributed by atoms with van der Waals surface area (Å²) < 4.78 is 10.6. The molecule has 6 heteroatoms. The van der Waals surface area contributed by atoms with E-state index >= 15 is 0 Å². The highest BCUT2D eigenvalue weighted by Crippen LogP contribution is 2.43. The van der Waals surface area contributed by atoms with Crippen LogP contribution in [0, 0.1) is 0 Å². The normalized spacial score (nSPS) is 16.6. The third-order valence-electron chi connectivity index (χ3n) is 5.62. The van der Waals surface area contributed by atoms with Crippen molar-refractivity contribution in [2.24, 2.45) is 0 Å². The lowest BCUT2D eigenvalue weighted by Crippen LogP contribution is -2.31. The monoisotopic (exact) mass is 431 g/mol. The van der Waals surface area contributed by atoms with Crippen LogP contribution in [-0.4, -0.2) is 23.9 Å². The number of carbonyl (C=O) groups is 2. The van der Waals surface area contributed by atoms with Crippen molar-refractivity contribution >= 4 is 17.4 Å². The van der Waals surface area contributed by atoms with E-state index in [0.717, 1.165) is 5.56 Å². The number of anilines is 1. The third kappa shape index (κ3) is 3.68. The second-order valence-electron chi connectivity index (χ2n) is 8.72. The summed E-state index contributed by atoms with van der Waals surface area (Å²) in [5, 5.41) is 10.8. The summed E-state index contributed by atoms with van der Waals surface area (Å²) in [5.74, 6) is -1.15. The van der Waals surface area contributed by atoms with Crippen molar-refractivity contribution in [2.45, 2.75) is 32.2 Å². The molecule has 0 saturated heterocycles. The van der Waals surface area contributed by atoms with Crippen LogP contribution in [0.15, 0.2) is 82.7 Å². The number of methoxy groups -OCH3 is 1. The smallest absolute Gasteiger partial charge is 0.294 e. The summed E-state index contributed by atoms with van der Waals surface area (Å²) in [7, 11) is 1.54. The molecule has 1 aromatic heterocycles. The lowest BCUT2D eigenvalue weighted by atomic mass is 9.85. The van der Waals surface area contributed by atoms with Gasteiger partial charge >= 0.3 is 0 Å². The Morgan fingerprint density at radius 3 is 2.38 bits per heavy atom. The number of hydrogen-bond acceptors (Lipinski definition) is 5. The Hall–Kier alpha value is -3.80. The number of ketones is 1. The van der Waals surface area contributed by atoms with Crippen LogP contribution >= 0.6 is 0 Å². The van der Waals surface area contributed by atoms with Crippen molar-refractivity contribution in [3.8, 4) is 5.75 Å². The minimum Gasteiger partial charge on any atom is -0.503 e. The van der Waals surface area contributed by atoms with Gasteiger partial charge in [-0.2, -0.15) is 0 Å². The second kappa shape index (κ2) is 8.04. The van der Waals surface area contributed by atoms with E-state index in [4.69, 9.17) is 9.15 Å². The van der Waals surface area contributed by atoms with E-state index in [9.17, 15) is 14.7 Å². The van der Waals surface area contributed by atoms with Gasteiger partial charge in [-0.15, -0.1) is 0 Å². The number of Topliss-reactive ketones (excluding diaryl/α,β-unsaturated/α-hetero) is 1. The fourth-order valence-electron chi connectivity index (χ4n) is 3.89. The highest BCUT2D eigenvalue weighted by molar-refractivity contribution is 6.20. The van der Waals surface area contributed by atoms with Gasteiger partial charge in [0.15, 0.2) is 11.5 Å². The van der Waals surface area contributed by atoms with Crippen molar-refractivity contribution in [3.05, 3.63) is 95.1 Å². The number of amides is 1. The van der Waals surface area contributed by atoms with Crippen molar-refractivity contribution in [2.75, 3.05) is 12.0 Å². The summed E-state index contributed by atoms with van der Waals surface area (Å²) in [6, 6.07) is 17.0. The molecule has 1 unspecified atom stereocenters. The van der Waals surface area contributed by atoms with Crippen LogP contribution in [-0.2, 0) is 10.2 Å². The van der Waals surface area contributed by atoms with Crippen LogP contribution in [0.25, 0.3) is 0 Å². The largest absolute Gasteiger partial charge is 0.503 e. The minimum absolute atomic E-state index is 0.0173. The Balaban J connectivity index is 1.87. The number of aliphatic hydroxyl groups is 1. The fourth-order valence-corrected chi connectivity index (χ4v) is 3.89. The highest BCUT2D eigenvalue weighted by Gasteiger charge is 2.45. The van der Waals surface area contributed by atoms with Crippen LogP contribution < -0.4 is 9.64 Å². The Morgan fingerprint density at radius 1 is 1.06 bits per heavy atom. The maximum absolute atomic E-state index is 13.3. The number of nitrogens with zero attached hydrogens (tertiary/aromatic N) is 1. The molecule has 32 heavy (non-hydrogen) atoms. The molecule has 1 N–H and O–H groups in total. The first-order valence-electron chi connectivity index (χ1n) is 10.3. The van der Waals surface area contributed by atoms with Gasteiger partial charge in [0, 0.05) is 11.8 Å². The molecule has 0 aliphatic carbocycles. The number of furan rings is 1. The molecule has 0 radical (unpaired) electrons. The predicted octanol–water partition coefficient (Wildman–Crippen LogP) is 5.37. The number of rotatable bonds is 5. The molecular formula is C26H25NO5. The van der Waals surface area contributed by atoms with Gasteiger partial charge in [0.2, 0.25) is 5.78 Å². The van der Waals surface area contributed by atoms with Crippen LogP contribution in [0.4, 0.5) is 5.69 Å². The van der Waals surface area contributed by atoms with E-state index in [0.29, 0.717) is 17.0 Å². The number of carbonyl (C=O) groups excluding carboxylic acids is 2. The molecule has 3 aromatic rings. The summed E-state index contributed by atoms with van der Waals surface area (Å²) >= 11 is 0. The van der Waals surface area contributed by atoms with Gasteiger partial charge in [0.05, 0.1) is 25.0 Å². The van der Waals surface area contributed by atoms with Gasteiger partial charge in [-0.3, -0.25) is 14.5 Å². The van der Waals surface area contributed by atoms with Crippen LogP contribution in [0.3, 0.4) is 0 Å². The maximum atomic E-state index is 13.3. The molecule has 4 rings (SSSR count). The average molecular weight is 431 g/mol. The molecule has 1 aliphatic rings. The zero-order valence-electron chi connectivity index (χ0n) is 18.5. The first-order chi connectivity index (χ1) is 15.2. The Labute approximate surface area is 186 Å². The molecule has 0 fully saturated rings. The van der Waals surface area contributed by atoms with E-state index < -0.39 is 23.5 Å². The molecule has 2 heterocycles. The van der Waals surface area contributed by atoms with Crippen molar-refractivity contribution < 1.29 is 23.8 Å². The van der Waals surface area contributed by atoms with E-state index in [-0.39, 0.29) is 16.7 Å². The summed E-state index contributed by atoms with van der Waals surface area (Å²) in [6.07, 6.45) is 1.38. The van der Waals surface area contributed by atoms with Gasteiger partial charge in [-0.1, -0.05) is 51.1 Å². The fraction of sp³-hybridized carbons (Fsp3) is 0.231. The zero-order valence-corrected chi connectivity index (χ0v) is 18.5. The Morgan fingerprint density at radius 2 is 1.78 bits per heavy atom. The second-order valence-corrected chi connectivity index (χ2v) is 8.72. The molecule has 0 spiro atoms. The molecule has 2 aromatic carbocycles. The van der Waals surface area contributed by atoms with E-state index in [1.54, 1.807) is 30.3 Å². The summed E-state index contributed by atoms with van der Waals surface area (Å²) in [5.41, 5.74) is 2.25. The lowest BCUT2D eigenvalue weighted by Gasteiger charge is -2.28. The van der Waals surface area contributed by atoms with Gasteiger partial charge < -0.3 is 14.3 Å². The lowest BCUT2D eigenvalue weighted by molar-refractivity contribution is -0.117. The predicted molar refractivity (Wildman–Crippen MR) is 121 cm³/mol. The van der Waals surface area contributed by atoms with Crippen molar-refractivity contribution in [1.82, 2.24) is 0 Å². The average Bonchev–Trinajstić information content (AvgIpc) is 3.40. The van der Waals surface area contributed by atoms with E-state index in [2.05, 4.69) is 20.8 Å². The van der Waals surface area contributed by atoms with Gasteiger partial charge in [-0.05, 0) is 40.8 Å². The number of ether oxygens (including phenoxy) is 1. The highest BCUT2D eigenvalue weighted by atomic mass is 16.5. The van der Waals surface area contributed by atoms with Crippen LogP contribution in [0.2, 0.25) is 0 Å². The third-order valence-corrected chi connectivity index (χ3v) is 5.62. The number of benzene rings is 2. The van der Waals surface area contributed by atoms with Gasteiger partial charge in [0.25, 0.3) is 5.91 Å². The number of aliphatic hydroxyl groups excluding tert-OH is 1. The zero-order chi connectivity index (χ0) is 23.0. The first-order valence-corrected chi connectivity index (χ1v) is 10.3. The topological polar surface area (TPSA) is 80.0 Å². The number of hydrogen-bond donors (Lipinski definition) is 1. The quantitative estimate of drug-likeness (QED) is 0.550. The van der Waals surface area contributed by atoms with Crippen molar-refractivity contribution in [3.63, 3.8) is 0 Å². The summed E-state index contributed by atoms with van der Waals surface area (Å²) in [4.78, 5) is 27.9. The first kappa shape index (κ1) is 21.4. The van der Waals surface area contributed by atoms with E-state index in [1.165, 1.54) is 24.3 Å². The molecule has 1 atom stereocenters. The van der Waals surface area contributed by atoms with Gasteiger partial charge in [0.1, 0.15) is 5.75 Å². The maximum Gasteiger partial charge on any atom is 0.294 e. The van der Waals surface area contributed by atoms with Gasteiger partial charge in [-0.25, -0.2) is 0 Å². The molecule has 164 valence electrons.